The average molecular weight is 280 g/mol. The van der Waals surface area contributed by atoms with E-state index < -0.39 is 12.0 Å². The fraction of sp³-hybridized carbons (Fsp3) is 0.500. The molecule has 0 bridgehead atoms. The molecule has 0 saturated heterocycles. The summed E-state index contributed by atoms with van der Waals surface area (Å²) in [5.74, 6) is -1.40. The van der Waals surface area contributed by atoms with Crippen molar-refractivity contribution < 1.29 is 14.7 Å². The number of carbonyl (C=O) groups is 2. The third-order valence-corrected chi connectivity index (χ3v) is 2.94. The largest absolute Gasteiger partial charge is 0.480 e. The van der Waals surface area contributed by atoms with Crippen molar-refractivity contribution in [2.75, 3.05) is 0 Å². The molecule has 20 heavy (non-hydrogen) atoms. The molecule has 6 nitrogen and oxygen atoms in total. The van der Waals surface area contributed by atoms with Gasteiger partial charge < -0.3 is 15.0 Å². The van der Waals surface area contributed by atoms with Crippen LogP contribution in [0.5, 0.6) is 0 Å². The molecule has 1 atom stereocenters. The number of carboxylic acids is 1. The van der Waals surface area contributed by atoms with E-state index in [1.807, 2.05) is 13.8 Å². The van der Waals surface area contributed by atoms with Gasteiger partial charge in [-0.25, -0.2) is 4.79 Å². The summed E-state index contributed by atoms with van der Waals surface area (Å²) in [6.07, 6.45) is 2.78. The van der Waals surface area contributed by atoms with E-state index in [-0.39, 0.29) is 24.4 Å². The predicted octanol–water partition coefficient (Wildman–Crippen LogP) is 0.916. The lowest BCUT2D eigenvalue weighted by molar-refractivity contribution is -0.142. The summed E-state index contributed by atoms with van der Waals surface area (Å²) in [5, 5.41) is 11.4. The standard InChI is InChI=1S/C14H20N2O4/c1-3-4-11(14(19)20)15-12(17)6-8-16-7-5-10(2)9-13(16)18/h5,7,9,11H,3-4,6,8H2,1-2H3,(H,15,17)(H,19,20). The fourth-order valence-electron chi connectivity index (χ4n) is 1.83. The monoisotopic (exact) mass is 280 g/mol. The molecule has 0 aliphatic rings. The van der Waals surface area contributed by atoms with Gasteiger partial charge in [-0.05, 0) is 25.0 Å². The lowest BCUT2D eigenvalue weighted by atomic mass is 10.1. The highest BCUT2D eigenvalue weighted by molar-refractivity contribution is 5.83. The van der Waals surface area contributed by atoms with Gasteiger partial charge in [0.25, 0.3) is 5.56 Å². The highest BCUT2D eigenvalue weighted by Crippen LogP contribution is 1.98. The maximum absolute atomic E-state index is 11.7. The molecule has 0 saturated carbocycles. The average Bonchev–Trinajstić information content (AvgIpc) is 2.37. The van der Waals surface area contributed by atoms with Crippen molar-refractivity contribution in [2.24, 2.45) is 0 Å². The zero-order chi connectivity index (χ0) is 15.1. The molecule has 0 aromatic carbocycles. The Labute approximate surface area is 117 Å². The molecule has 0 spiro atoms. The predicted molar refractivity (Wildman–Crippen MR) is 74.5 cm³/mol. The minimum absolute atomic E-state index is 0.0798. The first-order valence-corrected chi connectivity index (χ1v) is 6.63. The van der Waals surface area contributed by atoms with Gasteiger partial charge >= 0.3 is 5.97 Å². The first kappa shape index (κ1) is 15.9. The van der Waals surface area contributed by atoms with Crippen molar-refractivity contribution in [3.05, 3.63) is 34.2 Å². The summed E-state index contributed by atoms with van der Waals surface area (Å²) >= 11 is 0. The number of hydrogen-bond donors (Lipinski definition) is 2. The maximum Gasteiger partial charge on any atom is 0.326 e. The number of amides is 1. The Morgan fingerprint density at radius 1 is 1.45 bits per heavy atom. The Morgan fingerprint density at radius 3 is 2.70 bits per heavy atom. The molecule has 1 heterocycles. The summed E-state index contributed by atoms with van der Waals surface area (Å²) < 4.78 is 1.43. The van der Waals surface area contributed by atoms with Crippen molar-refractivity contribution in [3.8, 4) is 0 Å². The van der Waals surface area contributed by atoms with Crippen molar-refractivity contribution in [1.29, 1.82) is 0 Å². The quantitative estimate of drug-likeness (QED) is 0.777. The van der Waals surface area contributed by atoms with Crippen LogP contribution in [0.3, 0.4) is 0 Å². The molecule has 1 amide bonds. The molecule has 0 fully saturated rings. The Morgan fingerprint density at radius 2 is 2.15 bits per heavy atom. The summed E-state index contributed by atoms with van der Waals surface area (Å²) in [6, 6.07) is 2.42. The lowest BCUT2D eigenvalue weighted by Gasteiger charge is -2.13. The number of carboxylic acid groups (broad SMARTS) is 1. The molecule has 0 radical (unpaired) electrons. The molecule has 1 unspecified atom stereocenters. The molecule has 6 heteroatoms. The molecule has 1 aromatic rings. The van der Waals surface area contributed by atoms with E-state index in [0.29, 0.717) is 12.8 Å². The SMILES string of the molecule is CCCC(NC(=O)CCn1ccc(C)cc1=O)C(=O)O. The van der Waals surface area contributed by atoms with Crippen molar-refractivity contribution in [1.82, 2.24) is 9.88 Å². The number of rotatable bonds is 7. The third kappa shape index (κ3) is 4.87. The van der Waals surface area contributed by atoms with E-state index in [9.17, 15) is 14.4 Å². The van der Waals surface area contributed by atoms with Gasteiger partial charge in [0.1, 0.15) is 6.04 Å². The van der Waals surface area contributed by atoms with Crippen LogP contribution in [0.1, 0.15) is 31.7 Å². The molecule has 110 valence electrons. The van der Waals surface area contributed by atoms with E-state index in [1.165, 1.54) is 10.6 Å². The number of hydrogen-bond acceptors (Lipinski definition) is 3. The molecule has 0 aliphatic heterocycles. The van der Waals surface area contributed by atoms with Crippen molar-refractivity contribution in [2.45, 2.75) is 45.7 Å². The van der Waals surface area contributed by atoms with Crippen LogP contribution >= 0.6 is 0 Å². The second-order valence-electron chi connectivity index (χ2n) is 4.73. The summed E-state index contributed by atoms with van der Waals surface area (Å²) in [5.41, 5.74) is 0.700. The van der Waals surface area contributed by atoms with Gasteiger partial charge in [-0.2, -0.15) is 0 Å². The second kappa shape index (κ2) is 7.47. The van der Waals surface area contributed by atoms with Gasteiger partial charge in [0.05, 0.1) is 0 Å². The Hall–Kier alpha value is -2.11. The van der Waals surface area contributed by atoms with Gasteiger partial charge in [0, 0.05) is 25.2 Å². The van der Waals surface area contributed by atoms with Crippen molar-refractivity contribution >= 4 is 11.9 Å². The van der Waals surface area contributed by atoms with Crippen LogP contribution in [0.4, 0.5) is 0 Å². The molecule has 2 N–H and O–H groups in total. The van der Waals surface area contributed by atoms with Gasteiger partial charge in [-0.3, -0.25) is 9.59 Å². The molecular formula is C14H20N2O4. The molecule has 1 rings (SSSR count). The normalized spacial score (nSPS) is 11.9. The van der Waals surface area contributed by atoms with Gasteiger partial charge in [0.15, 0.2) is 0 Å². The summed E-state index contributed by atoms with van der Waals surface area (Å²) in [7, 11) is 0. The van der Waals surface area contributed by atoms with Gasteiger partial charge in [-0.15, -0.1) is 0 Å². The summed E-state index contributed by atoms with van der Waals surface area (Å²) in [4.78, 5) is 34.2. The number of carbonyl (C=O) groups excluding carboxylic acids is 1. The van der Waals surface area contributed by atoms with Gasteiger partial charge in [0.2, 0.25) is 5.91 Å². The third-order valence-electron chi connectivity index (χ3n) is 2.94. The molecular weight excluding hydrogens is 260 g/mol. The number of aliphatic carboxylic acids is 1. The Bertz CT molecular complexity index is 536. The number of aromatic nitrogens is 1. The number of nitrogens with zero attached hydrogens (tertiary/aromatic N) is 1. The second-order valence-corrected chi connectivity index (χ2v) is 4.73. The van der Waals surface area contributed by atoms with Crippen LogP contribution in [0, 0.1) is 6.92 Å². The minimum atomic E-state index is -1.03. The van der Waals surface area contributed by atoms with E-state index in [4.69, 9.17) is 5.11 Å². The Balaban J connectivity index is 2.54. The first-order chi connectivity index (χ1) is 9.43. The zero-order valence-corrected chi connectivity index (χ0v) is 11.8. The number of aryl methyl sites for hydroxylation is 2. The fourth-order valence-corrected chi connectivity index (χ4v) is 1.83. The highest BCUT2D eigenvalue weighted by Gasteiger charge is 2.18. The first-order valence-electron chi connectivity index (χ1n) is 6.63. The number of nitrogens with one attached hydrogen (secondary N) is 1. The van der Waals surface area contributed by atoms with E-state index in [1.54, 1.807) is 12.3 Å². The number of pyridine rings is 1. The topological polar surface area (TPSA) is 88.4 Å². The van der Waals surface area contributed by atoms with E-state index in [0.717, 1.165) is 5.56 Å². The maximum atomic E-state index is 11.7. The molecule has 1 aromatic heterocycles. The van der Waals surface area contributed by atoms with Crippen LogP contribution in [0.25, 0.3) is 0 Å². The Kier molecular flexibility index (Phi) is 5.96. The van der Waals surface area contributed by atoms with E-state index in [2.05, 4.69) is 5.32 Å². The zero-order valence-electron chi connectivity index (χ0n) is 11.8. The van der Waals surface area contributed by atoms with Crippen molar-refractivity contribution in [3.63, 3.8) is 0 Å². The molecule has 0 aliphatic carbocycles. The van der Waals surface area contributed by atoms with Gasteiger partial charge in [-0.1, -0.05) is 13.3 Å². The van der Waals surface area contributed by atoms with Crippen LogP contribution in [0.2, 0.25) is 0 Å². The smallest absolute Gasteiger partial charge is 0.326 e. The minimum Gasteiger partial charge on any atom is -0.480 e. The van der Waals surface area contributed by atoms with Crippen LogP contribution in [-0.4, -0.2) is 27.6 Å². The van der Waals surface area contributed by atoms with Crippen LogP contribution in [-0.2, 0) is 16.1 Å². The highest BCUT2D eigenvalue weighted by atomic mass is 16.4. The summed E-state index contributed by atoms with van der Waals surface area (Å²) in [6.45, 7) is 3.91. The lowest BCUT2D eigenvalue weighted by Crippen LogP contribution is -2.41. The van der Waals surface area contributed by atoms with Crippen LogP contribution in [0.15, 0.2) is 23.1 Å². The van der Waals surface area contributed by atoms with E-state index >= 15 is 0 Å². The van der Waals surface area contributed by atoms with Crippen LogP contribution < -0.4 is 10.9 Å².